The van der Waals surface area contributed by atoms with Crippen LogP contribution in [0.4, 0.5) is 0 Å². The quantitative estimate of drug-likeness (QED) is 0.766. The lowest BCUT2D eigenvalue weighted by Gasteiger charge is -2.38. The zero-order chi connectivity index (χ0) is 13.7. The van der Waals surface area contributed by atoms with Crippen LogP contribution in [0.15, 0.2) is 18.2 Å². The SMILES string of the molecule is CCCNCC1CCC1c1cc(OC)ccc1OC. The second-order valence-corrected chi connectivity index (χ2v) is 5.26. The Morgan fingerprint density at radius 3 is 2.63 bits per heavy atom. The van der Waals surface area contributed by atoms with E-state index in [0.29, 0.717) is 5.92 Å². The molecule has 19 heavy (non-hydrogen) atoms. The lowest BCUT2D eigenvalue weighted by molar-refractivity contribution is 0.239. The highest BCUT2D eigenvalue weighted by atomic mass is 16.5. The highest BCUT2D eigenvalue weighted by Crippen LogP contribution is 2.46. The van der Waals surface area contributed by atoms with Crippen LogP contribution in [0.3, 0.4) is 0 Å². The molecule has 0 radical (unpaired) electrons. The van der Waals surface area contributed by atoms with Crippen molar-refractivity contribution in [3.05, 3.63) is 23.8 Å². The minimum atomic E-state index is 0.606. The molecular weight excluding hydrogens is 238 g/mol. The van der Waals surface area contributed by atoms with Gasteiger partial charge in [-0.3, -0.25) is 0 Å². The van der Waals surface area contributed by atoms with Gasteiger partial charge in [0.25, 0.3) is 0 Å². The fourth-order valence-electron chi connectivity index (χ4n) is 2.82. The summed E-state index contributed by atoms with van der Waals surface area (Å²) in [7, 11) is 3.46. The van der Waals surface area contributed by atoms with E-state index in [2.05, 4.69) is 18.3 Å². The number of hydrogen-bond acceptors (Lipinski definition) is 3. The van der Waals surface area contributed by atoms with Crippen LogP contribution in [0.1, 0.15) is 37.7 Å². The maximum atomic E-state index is 5.50. The molecule has 1 aliphatic carbocycles. The Bertz CT molecular complexity index is 406. The third-order valence-corrected chi connectivity index (χ3v) is 4.09. The van der Waals surface area contributed by atoms with Crippen LogP contribution < -0.4 is 14.8 Å². The summed E-state index contributed by atoms with van der Waals surface area (Å²) in [5.41, 5.74) is 1.30. The van der Waals surface area contributed by atoms with Gasteiger partial charge >= 0.3 is 0 Å². The van der Waals surface area contributed by atoms with E-state index in [-0.39, 0.29) is 0 Å². The molecule has 1 aromatic rings. The third kappa shape index (κ3) is 3.21. The Kier molecular flexibility index (Phi) is 5.08. The fourth-order valence-corrected chi connectivity index (χ4v) is 2.82. The van der Waals surface area contributed by atoms with Crippen LogP contribution >= 0.6 is 0 Å². The normalized spacial score (nSPS) is 21.8. The molecule has 106 valence electrons. The largest absolute Gasteiger partial charge is 0.497 e. The van der Waals surface area contributed by atoms with Crippen molar-refractivity contribution < 1.29 is 9.47 Å². The second kappa shape index (κ2) is 6.80. The van der Waals surface area contributed by atoms with Crippen LogP contribution in [0.5, 0.6) is 11.5 Å². The maximum Gasteiger partial charge on any atom is 0.122 e. The highest BCUT2D eigenvalue weighted by molar-refractivity contribution is 5.43. The third-order valence-electron chi connectivity index (χ3n) is 4.09. The Morgan fingerprint density at radius 2 is 2.05 bits per heavy atom. The van der Waals surface area contributed by atoms with Gasteiger partial charge < -0.3 is 14.8 Å². The molecule has 1 N–H and O–H groups in total. The molecule has 0 aromatic heterocycles. The summed E-state index contributed by atoms with van der Waals surface area (Å²) in [4.78, 5) is 0. The van der Waals surface area contributed by atoms with Gasteiger partial charge in [0, 0.05) is 5.56 Å². The van der Waals surface area contributed by atoms with Crippen molar-refractivity contribution in [1.29, 1.82) is 0 Å². The Hall–Kier alpha value is -1.22. The van der Waals surface area contributed by atoms with E-state index in [1.54, 1.807) is 14.2 Å². The first-order valence-corrected chi connectivity index (χ1v) is 7.22. The summed E-state index contributed by atoms with van der Waals surface area (Å²) >= 11 is 0. The van der Waals surface area contributed by atoms with Gasteiger partial charge in [-0.1, -0.05) is 6.92 Å². The van der Waals surface area contributed by atoms with E-state index in [0.717, 1.165) is 30.5 Å². The van der Waals surface area contributed by atoms with Gasteiger partial charge in [-0.25, -0.2) is 0 Å². The molecule has 3 nitrogen and oxygen atoms in total. The molecule has 2 rings (SSSR count). The van der Waals surface area contributed by atoms with Gasteiger partial charge in [0.1, 0.15) is 11.5 Å². The standard InChI is InChI=1S/C16H25NO2/c1-4-9-17-11-12-5-7-14(12)15-10-13(18-2)6-8-16(15)19-3/h6,8,10,12,14,17H,4-5,7,9,11H2,1-3H3. The van der Waals surface area contributed by atoms with Crippen molar-refractivity contribution in [2.75, 3.05) is 27.3 Å². The molecule has 1 aromatic carbocycles. The van der Waals surface area contributed by atoms with Crippen LogP contribution in [0.25, 0.3) is 0 Å². The Balaban J connectivity index is 2.07. The average molecular weight is 263 g/mol. The number of nitrogens with one attached hydrogen (secondary N) is 1. The molecule has 0 saturated heterocycles. The van der Waals surface area contributed by atoms with Gasteiger partial charge in [-0.05, 0) is 62.4 Å². The van der Waals surface area contributed by atoms with Crippen molar-refractivity contribution >= 4 is 0 Å². The topological polar surface area (TPSA) is 30.5 Å². The van der Waals surface area contributed by atoms with Crippen molar-refractivity contribution in [2.24, 2.45) is 5.92 Å². The van der Waals surface area contributed by atoms with Gasteiger partial charge in [0.15, 0.2) is 0 Å². The van der Waals surface area contributed by atoms with Crippen LogP contribution in [0.2, 0.25) is 0 Å². The van der Waals surface area contributed by atoms with E-state index >= 15 is 0 Å². The molecule has 0 amide bonds. The molecule has 0 heterocycles. The van der Waals surface area contributed by atoms with Crippen LogP contribution in [-0.2, 0) is 0 Å². The zero-order valence-electron chi connectivity index (χ0n) is 12.2. The summed E-state index contributed by atoms with van der Waals surface area (Å²) < 4.78 is 10.8. The smallest absolute Gasteiger partial charge is 0.122 e. The summed E-state index contributed by atoms with van der Waals surface area (Å²) in [6, 6.07) is 6.11. The first kappa shape index (κ1) is 14.2. The molecule has 0 aliphatic heterocycles. The van der Waals surface area contributed by atoms with Gasteiger partial charge in [-0.2, -0.15) is 0 Å². The summed E-state index contributed by atoms with van der Waals surface area (Å²) in [5.74, 6) is 3.25. The van der Waals surface area contributed by atoms with E-state index in [4.69, 9.17) is 9.47 Å². The van der Waals surface area contributed by atoms with E-state index < -0.39 is 0 Å². The predicted molar refractivity (Wildman–Crippen MR) is 78.2 cm³/mol. The van der Waals surface area contributed by atoms with Crippen LogP contribution in [0, 0.1) is 5.92 Å². The van der Waals surface area contributed by atoms with Gasteiger partial charge in [-0.15, -0.1) is 0 Å². The molecule has 1 aliphatic rings. The molecule has 0 spiro atoms. The predicted octanol–water partition coefficient (Wildman–Crippen LogP) is 3.20. The molecule has 3 heteroatoms. The minimum Gasteiger partial charge on any atom is -0.497 e. The molecule has 2 unspecified atom stereocenters. The van der Waals surface area contributed by atoms with Crippen molar-refractivity contribution in [3.63, 3.8) is 0 Å². The second-order valence-electron chi connectivity index (χ2n) is 5.26. The number of hydrogen-bond donors (Lipinski definition) is 1. The Morgan fingerprint density at radius 1 is 1.21 bits per heavy atom. The summed E-state index contributed by atoms with van der Waals surface area (Å²) in [6.45, 7) is 4.42. The number of benzene rings is 1. The minimum absolute atomic E-state index is 0.606. The summed E-state index contributed by atoms with van der Waals surface area (Å²) in [6.07, 6.45) is 3.75. The number of ether oxygens (including phenoxy) is 2. The maximum absolute atomic E-state index is 5.50. The number of methoxy groups -OCH3 is 2. The molecule has 2 atom stereocenters. The highest BCUT2D eigenvalue weighted by Gasteiger charge is 2.33. The van der Waals surface area contributed by atoms with Crippen molar-refractivity contribution in [2.45, 2.75) is 32.1 Å². The Labute approximate surface area is 116 Å². The summed E-state index contributed by atoms with van der Waals surface area (Å²) in [5, 5.41) is 3.53. The zero-order valence-corrected chi connectivity index (χ0v) is 12.2. The lowest BCUT2D eigenvalue weighted by atomic mass is 9.69. The molecule has 1 fully saturated rings. The molecule has 1 saturated carbocycles. The fraction of sp³-hybridized carbons (Fsp3) is 0.625. The van der Waals surface area contributed by atoms with Crippen LogP contribution in [-0.4, -0.2) is 27.3 Å². The lowest BCUT2D eigenvalue weighted by Crippen LogP contribution is -2.34. The average Bonchev–Trinajstić information content (AvgIpc) is 2.42. The van der Waals surface area contributed by atoms with E-state index in [9.17, 15) is 0 Å². The number of rotatable bonds is 7. The van der Waals surface area contributed by atoms with Crippen molar-refractivity contribution in [3.8, 4) is 11.5 Å². The van der Waals surface area contributed by atoms with Crippen molar-refractivity contribution in [1.82, 2.24) is 5.32 Å². The first-order chi connectivity index (χ1) is 9.30. The molecular formula is C16H25NO2. The van der Waals surface area contributed by atoms with Gasteiger partial charge in [0.2, 0.25) is 0 Å². The molecule has 0 bridgehead atoms. The van der Waals surface area contributed by atoms with E-state index in [1.807, 2.05) is 12.1 Å². The first-order valence-electron chi connectivity index (χ1n) is 7.22. The van der Waals surface area contributed by atoms with Gasteiger partial charge in [0.05, 0.1) is 14.2 Å². The monoisotopic (exact) mass is 263 g/mol. The van der Waals surface area contributed by atoms with E-state index in [1.165, 1.54) is 24.8 Å².